The molecule has 1 aromatic rings. The zero-order chi connectivity index (χ0) is 14.3. The van der Waals surface area contributed by atoms with Crippen molar-refractivity contribution in [3.05, 3.63) is 24.0 Å². The lowest BCUT2D eigenvalue weighted by Gasteiger charge is -2.30. The van der Waals surface area contributed by atoms with Crippen LogP contribution >= 0.6 is 11.8 Å². The number of aromatic nitrogens is 1. The van der Waals surface area contributed by atoms with Crippen molar-refractivity contribution in [2.45, 2.75) is 45.8 Å². The zero-order valence-corrected chi connectivity index (χ0v) is 13.6. The third-order valence-electron chi connectivity index (χ3n) is 3.34. The summed E-state index contributed by atoms with van der Waals surface area (Å²) >= 11 is 1.91. The summed E-state index contributed by atoms with van der Waals surface area (Å²) in [6.45, 7) is 7.47. The first-order valence-electron chi connectivity index (χ1n) is 6.98. The van der Waals surface area contributed by atoms with Crippen LogP contribution in [0.2, 0.25) is 0 Å². The lowest BCUT2D eigenvalue weighted by atomic mass is 10.1. The van der Waals surface area contributed by atoms with E-state index < -0.39 is 0 Å². The normalized spacial score (nSPS) is 12.7. The van der Waals surface area contributed by atoms with Crippen molar-refractivity contribution in [2.75, 3.05) is 24.0 Å². The molecule has 0 radical (unpaired) electrons. The second-order valence-electron chi connectivity index (χ2n) is 5.17. The Morgan fingerprint density at radius 3 is 2.74 bits per heavy atom. The molecule has 0 aliphatic rings. The Balaban J connectivity index is 2.85. The highest BCUT2D eigenvalue weighted by Gasteiger charge is 2.15. The maximum absolute atomic E-state index is 4.26. The number of anilines is 1. The molecule has 0 bridgehead atoms. The molecular weight excluding hydrogens is 254 g/mol. The minimum absolute atomic E-state index is 0.492. The van der Waals surface area contributed by atoms with Crippen LogP contribution in [0.25, 0.3) is 0 Å². The van der Waals surface area contributed by atoms with Crippen molar-refractivity contribution >= 4 is 17.4 Å². The SMILES string of the molecule is CCC(CSC)N(C)c1ccncc1CNC(C)C. The van der Waals surface area contributed by atoms with Gasteiger partial charge in [-0.3, -0.25) is 4.98 Å². The lowest BCUT2D eigenvalue weighted by Crippen LogP contribution is -2.34. The molecule has 0 aliphatic heterocycles. The molecule has 0 spiro atoms. The second kappa shape index (κ2) is 8.43. The minimum Gasteiger partial charge on any atom is -0.370 e. The van der Waals surface area contributed by atoms with Crippen LogP contribution < -0.4 is 10.2 Å². The number of pyridine rings is 1. The Kier molecular flexibility index (Phi) is 7.24. The van der Waals surface area contributed by atoms with E-state index in [0.717, 1.165) is 18.7 Å². The predicted molar refractivity (Wildman–Crippen MR) is 87.1 cm³/mol. The average Bonchev–Trinajstić information content (AvgIpc) is 2.42. The van der Waals surface area contributed by atoms with E-state index in [1.807, 2.05) is 24.2 Å². The summed E-state index contributed by atoms with van der Waals surface area (Å²) in [5, 5.41) is 3.47. The molecule has 0 amide bonds. The summed E-state index contributed by atoms with van der Waals surface area (Å²) in [4.78, 5) is 6.66. The first kappa shape index (κ1) is 16.3. The number of nitrogens with zero attached hydrogens (tertiary/aromatic N) is 2. The second-order valence-corrected chi connectivity index (χ2v) is 6.08. The van der Waals surface area contributed by atoms with Gasteiger partial charge in [0.1, 0.15) is 0 Å². The maximum atomic E-state index is 4.26. The molecule has 1 unspecified atom stereocenters. The van der Waals surface area contributed by atoms with Crippen LogP contribution in [0.5, 0.6) is 0 Å². The van der Waals surface area contributed by atoms with Crippen LogP contribution in [0.3, 0.4) is 0 Å². The zero-order valence-electron chi connectivity index (χ0n) is 12.8. The minimum atomic E-state index is 0.492. The standard InChI is InChI=1S/C15H27N3S/c1-6-14(11-19-5)18(4)15-7-8-16-9-13(15)10-17-12(2)3/h7-9,12,14,17H,6,10-11H2,1-5H3. The first-order chi connectivity index (χ1) is 9.10. The van der Waals surface area contributed by atoms with Gasteiger partial charge >= 0.3 is 0 Å². The molecule has 0 saturated heterocycles. The van der Waals surface area contributed by atoms with Gasteiger partial charge in [0.25, 0.3) is 0 Å². The van der Waals surface area contributed by atoms with E-state index in [9.17, 15) is 0 Å². The van der Waals surface area contributed by atoms with E-state index in [4.69, 9.17) is 0 Å². The molecule has 3 nitrogen and oxygen atoms in total. The van der Waals surface area contributed by atoms with Crippen LogP contribution in [0.4, 0.5) is 5.69 Å². The van der Waals surface area contributed by atoms with Gasteiger partial charge in [0, 0.05) is 55.1 Å². The van der Waals surface area contributed by atoms with Gasteiger partial charge in [-0.25, -0.2) is 0 Å². The molecule has 1 aromatic heterocycles. The van der Waals surface area contributed by atoms with Crippen molar-refractivity contribution in [3.8, 4) is 0 Å². The van der Waals surface area contributed by atoms with Crippen molar-refractivity contribution < 1.29 is 0 Å². The molecule has 0 fully saturated rings. The highest BCUT2D eigenvalue weighted by atomic mass is 32.2. The van der Waals surface area contributed by atoms with Gasteiger partial charge in [-0.1, -0.05) is 20.8 Å². The molecule has 1 rings (SSSR count). The van der Waals surface area contributed by atoms with E-state index >= 15 is 0 Å². The van der Waals surface area contributed by atoms with Gasteiger partial charge in [-0.15, -0.1) is 0 Å². The third-order valence-corrected chi connectivity index (χ3v) is 4.05. The molecule has 1 heterocycles. The Morgan fingerprint density at radius 2 is 2.16 bits per heavy atom. The monoisotopic (exact) mass is 281 g/mol. The molecular formula is C15H27N3S. The summed E-state index contributed by atoms with van der Waals surface area (Å²) in [5.74, 6) is 1.16. The molecule has 1 N–H and O–H groups in total. The fourth-order valence-electron chi connectivity index (χ4n) is 2.11. The van der Waals surface area contributed by atoms with Crippen molar-refractivity contribution in [3.63, 3.8) is 0 Å². The Morgan fingerprint density at radius 1 is 1.42 bits per heavy atom. The number of hydrogen-bond donors (Lipinski definition) is 1. The number of thioether (sulfide) groups is 1. The molecule has 0 aliphatic carbocycles. The average molecular weight is 281 g/mol. The Bertz CT molecular complexity index is 368. The number of nitrogens with one attached hydrogen (secondary N) is 1. The summed E-state index contributed by atoms with van der Waals surface area (Å²) in [6, 6.07) is 3.20. The van der Waals surface area contributed by atoms with Crippen molar-refractivity contribution in [2.24, 2.45) is 0 Å². The highest BCUT2D eigenvalue weighted by molar-refractivity contribution is 7.98. The fourth-order valence-corrected chi connectivity index (χ4v) is 2.95. The van der Waals surface area contributed by atoms with Gasteiger partial charge in [0.15, 0.2) is 0 Å². The van der Waals surface area contributed by atoms with E-state index in [1.165, 1.54) is 11.3 Å². The van der Waals surface area contributed by atoms with Crippen LogP contribution in [-0.2, 0) is 6.54 Å². The Hall–Kier alpha value is -0.740. The van der Waals surface area contributed by atoms with Crippen molar-refractivity contribution in [1.29, 1.82) is 0 Å². The largest absolute Gasteiger partial charge is 0.370 e. The van der Waals surface area contributed by atoms with Gasteiger partial charge in [-0.05, 0) is 18.7 Å². The van der Waals surface area contributed by atoms with Gasteiger partial charge in [0.2, 0.25) is 0 Å². The molecule has 1 atom stereocenters. The summed E-state index contributed by atoms with van der Waals surface area (Å²) in [6.07, 6.45) is 7.20. The van der Waals surface area contributed by atoms with Gasteiger partial charge < -0.3 is 10.2 Å². The summed E-state index contributed by atoms with van der Waals surface area (Å²) < 4.78 is 0. The van der Waals surface area contributed by atoms with E-state index in [0.29, 0.717) is 12.1 Å². The van der Waals surface area contributed by atoms with Gasteiger partial charge in [-0.2, -0.15) is 11.8 Å². The molecule has 4 heteroatoms. The van der Waals surface area contributed by atoms with Gasteiger partial charge in [0.05, 0.1) is 0 Å². The smallest absolute Gasteiger partial charge is 0.0443 e. The lowest BCUT2D eigenvalue weighted by molar-refractivity contribution is 0.584. The molecule has 0 aromatic carbocycles. The summed E-state index contributed by atoms with van der Waals surface area (Å²) in [5.41, 5.74) is 2.57. The number of rotatable bonds is 8. The third kappa shape index (κ3) is 5.03. The molecule has 19 heavy (non-hydrogen) atoms. The van der Waals surface area contributed by atoms with Crippen molar-refractivity contribution in [1.82, 2.24) is 10.3 Å². The van der Waals surface area contributed by atoms with E-state index in [2.05, 4.69) is 55.3 Å². The van der Waals surface area contributed by atoms with Crippen LogP contribution in [-0.4, -0.2) is 36.1 Å². The quantitative estimate of drug-likeness (QED) is 0.792. The predicted octanol–water partition coefficient (Wildman–Crippen LogP) is 3.16. The summed E-state index contributed by atoms with van der Waals surface area (Å²) in [7, 11) is 2.19. The van der Waals surface area contributed by atoms with Crippen LogP contribution in [0.1, 0.15) is 32.8 Å². The van der Waals surface area contributed by atoms with Crippen LogP contribution in [0, 0.1) is 0 Å². The maximum Gasteiger partial charge on any atom is 0.0443 e. The molecule has 0 saturated carbocycles. The first-order valence-corrected chi connectivity index (χ1v) is 8.37. The number of hydrogen-bond acceptors (Lipinski definition) is 4. The Labute approximate surface area is 122 Å². The topological polar surface area (TPSA) is 28.2 Å². The molecule has 108 valence electrons. The fraction of sp³-hybridized carbons (Fsp3) is 0.667. The highest BCUT2D eigenvalue weighted by Crippen LogP contribution is 2.22. The van der Waals surface area contributed by atoms with Crippen LogP contribution in [0.15, 0.2) is 18.5 Å². The van der Waals surface area contributed by atoms with E-state index in [-0.39, 0.29) is 0 Å². The van der Waals surface area contributed by atoms with E-state index in [1.54, 1.807) is 0 Å².